The molecule has 1 N–H and O–H groups in total. The zero-order chi connectivity index (χ0) is 34.5. The van der Waals surface area contributed by atoms with E-state index in [9.17, 15) is 9.59 Å². The van der Waals surface area contributed by atoms with Gasteiger partial charge in [0.15, 0.2) is 0 Å². The first-order valence-electron chi connectivity index (χ1n) is 18.1. The highest BCUT2D eigenvalue weighted by Gasteiger charge is 2.43. The van der Waals surface area contributed by atoms with Crippen molar-refractivity contribution in [3.63, 3.8) is 0 Å². The normalized spacial score (nSPS) is 21.7. The van der Waals surface area contributed by atoms with E-state index in [1.807, 2.05) is 25.7 Å². The molecule has 10 nitrogen and oxygen atoms in total. The zero-order valence-corrected chi connectivity index (χ0v) is 29.3. The molecule has 10 heteroatoms. The molecule has 8 rings (SSSR count). The number of rotatable bonds is 8. The maximum Gasteiger partial charge on any atom is 0.407 e. The van der Waals surface area contributed by atoms with Gasteiger partial charge in [-0.1, -0.05) is 44.9 Å². The summed E-state index contributed by atoms with van der Waals surface area (Å²) in [5, 5.41) is 4.99. The summed E-state index contributed by atoms with van der Waals surface area (Å²) in [6, 6.07) is 14.3. The van der Waals surface area contributed by atoms with Crippen LogP contribution in [0.3, 0.4) is 0 Å². The molecule has 1 saturated heterocycles. The predicted molar refractivity (Wildman–Crippen MR) is 195 cm³/mol. The lowest BCUT2D eigenvalue weighted by atomic mass is 9.90. The minimum Gasteiger partial charge on any atom is -0.488 e. The monoisotopic (exact) mass is 675 g/mol. The number of fused-ring (bicyclic) bond motifs is 6. The average molecular weight is 676 g/mol. The van der Waals surface area contributed by atoms with E-state index < -0.39 is 12.1 Å². The first-order chi connectivity index (χ1) is 24.3. The third kappa shape index (κ3) is 5.87. The van der Waals surface area contributed by atoms with Gasteiger partial charge in [0.1, 0.15) is 24.2 Å². The molecule has 0 radical (unpaired) electrons. The second-order valence-electron chi connectivity index (χ2n) is 14.5. The highest BCUT2D eigenvalue weighted by Crippen LogP contribution is 2.44. The molecule has 2 amide bonds. The summed E-state index contributed by atoms with van der Waals surface area (Å²) >= 11 is 0. The molecular formula is C40H45N5O5. The molecule has 260 valence electrons. The number of carbonyl (C=O) groups is 2. The average Bonchev–Trinajstić information content (AvgIpc) is 3.95. The molecule has 50 heavy (non-hydrogen) atoms. The minimum atomic E-state index is -0.716. The lowest BCUT2D eigenvalue weighted by Crippen LogP contribution is -2.54. The number of ether oxygens (including phenoxy) is 3. The molecule has 3 aromatic carbocycles. The minimum absolute atomic E-state index is 0.105. The van der Waals surface area contributed by atoms with Gasteiger partial charge in [-0.25, -0.2) is 9.79 Å². The molecule has 0 unspecified atom stereocenters. The molecule has 5 aliphatic rings. The number of likely N-dealkylation sites (tertiary alicyclic amines) is 1. The Morgan fingerprint density at radius 2 is 1.90 bits per heavy atom. The molecule has 0 aromatic heterocycles. The molecule has 0 spiro atoms. The van der Waals surface area contributed by atoms with Gasteiger partial charge in [0.05, 0.1) is 37.2 Å². The number of alkyl carbamates (subject to hydrolysis) is 1. The number of methoxy groups -OCH3 is 1. The third-order valence-electron chi connectivity index (χ3n) is 11.0. The first-order valence-corrected chi connectivity index (χ1v) is 18.1. The Morgan fingerprint density at radius 3 is 2.68 bits per heavy atom. The van der Waals surface area contributed by atoms with Gasteiger partial charge in [-0.2, -0.15) is 0 Å². The Labute approximate surface area is 293 Å². The van der Waals surface area contributed by atoms with Crippen molar-refractivity contribution in [2.45, 2.75) is 84.1 Å². The fourth-order valence-corrected chi connectivity index (χ4v) is 8.42. The number of hydrogen-bond donors (Lipinski definition) is 1. The van der Waals surface area contributed by atoms with Crippen LogP contribution in [-0.4, -0.2) is 79.2 Å². The molecule has 2 fully saturated rings. The van der Waals surface area contributed by atoms with Crippen LogP contribution < -0.4 is 10.1 Å². The lowest BCUT2D eigenvalue weighted by Gasteiger charge is -2.30. The lowest BCUT2D eigenvalue weighted by molar-refractivity contribution is -0.134. The summed E-state index contributed by atoms with van der Waals surface area (Å²) in [7, 11) is 1.31. The Morgan fingerprint density at radius 1 is 1.06 bits per heavy atom. The Balaban J connectivity index is 1.05. The molecule has 0 bridgehead atoms. The molecule has 4 heterocycles. The van der Waals surface area contributed by atoms with Gasteiger partial charge < -0.3 is 24.4 Å². The van der Waals surface area contributed by atoms with Crippen molar-refractivity contribution in [3.05, 3.63) is 59.2 Å². The number of nitrogens with zero attached hydrogens (tertiary/aromatic N) is 4. The van der Waals surface area contributed by atoms with Crippen molar-refractivity contribution >= 4 is 45.7 Å². The van der Waals surface area contributed by atoms with Crippen LogP contribution in [-0.2, 0) is 27.3 Å². The largest absolute Gasteiger partial charge is 0.488 e. The highest BCUT2D eigenvalue weighted by molar-refractivity contribution is 6.13. The number of amidine groups is 1. The van der Waals surface area contributed by atoms with Crippen LogP contribution in [0.1, 0.15) is 69.6 Å². The van der Waals surface area contributed by atoms with Gasteiger partial charge in [0.25, 0.3) is 0 Å². The van der Waals surface area contributed by atoms with Gasteiger partial charge >= 0.3 is 6.09 Å². The number of aliphatic imine (C=N–C) groups is 3. The maximum absolute atomic E-state index is 14.0. The molecule has 4 aliphatic heterocycles. The number of benzene rings is 3. The fourth-order valence-electron chi connectivity index (χ4n) is 8.42. The fraction of sp³-hybridized carbons (Fsp3) is 0.475. The Hall–Kier alpha value is -4.57. The van der Waals surface area contributed by atoms with Crippen LogP contribution in [0.5, 0.6) is 5.75 Å². The quantitative estimate of drug-likeness (QED) is 0.282. The molecular weight excluding hydrogens is 630 g/mol. The summed E-state index contributed by atoms with van der Waals surface area (Å²) in [5.41, 5.74) is 8.62. The molecule has 1 saturated carbocycles. The van der Waals surface area contributed by atoms with Gasteiger partial charge in [-0.3, -0.25) is 14.8 Å². The maximum atomic E-state index is 14.0. The SMILES string of the molecule is CCO[C@H]1C[C@@H](C2=Nc3ccc4cc5c(cc4c3C2)OCc2cc(C3=NC(C4CCCC4)=NC3)ccc2-5)N(C(=O)[C@@H](NC(=O)OC)C(C)C)C1. The second-order valence-corrected chi connectivity index (χ2v) is 14.5. The van der Waals surface area contributed by atoms with Crippen LogP contribution >= 0.6 is 0 Å². The molecule has 3 aromatic rings. The van der Waals surface area contributed by atoms with E-state index >= 15 is 0 Å². The first kappa shape index (κ1) is 32.6. The number of nitrogens with one attached hydrogen (secondary N) is 1. The van der Waals surface area contributed by atoms with Crippen LogP contribution in [0.2, 0.25) is 0 Å². The van der Waals surface area contributed by atoms with E-state index in [1.54, 1.807) is 0 Å². The smallest absolute Gasteiger partial charge is 0.407 e. The van der Waals surface area contributed by atoms with Gasteiger partial charge in [0.2, 0.25) is 5.91 Å². The van der Waals surface area contributed by atoms with Crippen molar-refractivity contribution in [2.24, 2.45) is 26.8 Å². The molecule has 1 aliphatic carbocycles. The van der Waals surface area contributed by atoms with Crippen molar-refractivity contribution in [1.29, 1.82) is 0 Å². The van der Waals surface area contributed by atoms with E-state index in [0.717, 1.165) is 61.7 Å². The summed E-state index contributed by atoms with van der Waals surface area (Å²) < 4.78 is 17.3. The van der Waals surface area contributed by atoms with Crippen molar-refractivity contribution in [3.8, 4) is 16.9 Å². The summed E-state index contributed by atoms with van der Waals surface area (Å²) in [6.07, 6.45) is 5.53. The van der Waals surface area contributed by atoms with Gasteiger partial charge in [0, 0.05) is 43.2 Å². The van der Waals surface area contributed by atoms with E-state index in [-0.39, 0.29) is 24.0 Å². The Kier molecular flexibility index (Phi) is 8.67. The number of carbonyl (C=O) groups excluding carboxylic acids is 2. The highest BCUT2D eigenvalue weighted by atomic mass is 16.5. The van der Waals surface area contributed by atoms with Crippen molar-refractivity contribution < 1.29 is 23.8 Å². The summed E-state index contributed by atoms with van der Waals surface area (Å²) in [5.74, 6) is 2.16. The third-order valence-corrected chi connectivity index (χ3v) is 11.0. The Bertz CT molecular complexity index is 1960. The summed E-state index contributed by atoms with van der Waals surface area (Å²) in [6.45, 7) is 7.97. The topological polar surface area (TPSA) is 114 Å². The van der Waals surface area contributed by atoms with Gasteiger partial charge in [-0.05, 0) is 83.0 Å². The van der Waals surface area contributed by atoms with E-state index in [0.29, 0.717) is 45.1 Å². The summed E-state index contributed by atoms with van der Waals surface area (Å²) in [4.78, 5) is 42.8. The number of amides is 2. The van der Waals surface area contributed by atoms with Crippen molar-refractivity contribution in [2.75, 3.05) is 26.8 Å². The van der Waals surface area contributed by atoms with E-state index in [2.05, 4.69) is 47.8 Å². The molecule has 3 atom stereocenters. The van der Waals surface area contributed by atoms with Crippen LogP contribution in [0.25, 0.3) is 21.9 Å². The number of hydrogen-bond acceptors (Lipinski definition) is 8. The second kappa shape index (κ2) is 13.3. The van der Waals surface area contributed by atoms with Crippen LogP contribution in [0.15, 0.2) is 57.4 Å². The van der Waals surface area contributed by atoms with Crippen LogP contribution in [0.4, 0.5) is 10.5 Å². The van der Waals surface area contributed by atoms with Crippen LogP contribution in [0, 0.1) is 11.8 Å². The standard InChI is InChI=1S/C40H45N5O5/c1-5-49-27-16-35(45(20-27)39(46)37(22(2)3)44-40(47)48-4)33-17-30-29-18-36-31(15-24(29)11-13-32(30)42-33)28-12-10-25(14-26(28)21-50-36)34-19-41-38(43-34)23-8-6-7-9-23/h10-15,18,22-23,27,35,37H,5-9,16-17,19-21H2,1-4H3,(H,44,47)/t27-,35-,37-/m0/s1. The van der Waals surface area contributed by atoms with E-state index in [4.69, 9.17) is 29.2 Å². The predicted octanol–water partition coefficient (Wildman–Crippen LogP) is 6.81. The van der Waals surface area contributed by atoms with E-state index in [1.165, 1.54) is 38.4 Å². The van der Waals surface area contributed by atoms with Crippen molar-refractivity contribution in [1.82, 2.24) is 10.2 Å². The zero-order valence-electron chi connectivity index (χ0n) is 29.3. The van der Waals surface area contributed by atoms with Gasteiger partial charge in [-0.15, -0.1) is 0 Å².